The van der Waals surface area contributed by atoms with E-state index in [2.05, 4.69) is 24.8 Å². The Balaban J connectivity index is 1.82. The summed E-state index contributed by atoms with van der Waals surface area (Å²) in [6.45, 7) is 2.19. The van der Waals surface area contributed by atoms with Gasteiger partial charge in [0, 0.05) is 24.8 Å². The highest BCUT2D eigenvalue weighted by atomic mass is 16.5. The van der Waals surface area contributed by atoms with Gasteiger partial charge in [0.25, 0.3) is 0 Å². The molecule has 0 aromatic heterocycles. The van der Waals surface area contributed by atoms with E-state index in [1.807, 2.05) is 30.3 Å². The number of unbranched alkanes of at least 4 members (excludes halogenated alkanes) is 3. The molecule has 2 rings (SSSR count). The van der Waals surface area contributed by atoms with Gasteiger partial charge in [-0.1, -0.05) is 55.9 Å². The lowest BCUT2D eigenvalue weighted by molar-refractivity contribution is -0.153. The lowest BCUT2D eigenvalue weighted by Gasteiger charge is -2.22. The highest BCUT2D eigenvalue weighted by Gasteiger charge is 2.20. The van der Waals surface area contributed by atoms with Crippen LogP contribution in [-0.4, -0.2) is 23.3 Å². The van der Waals surface area contributed by atoms with Crippen molar-refractivity contribution >= 4 is 5.97 Å². The number of aliphatic hydroxyl groups is 1. The predicted molar refractivity (Wildman–Crippen MR) is 105 cm³/mol. The number of aliphatic hydroxyl groups excluding tert-OH is 1. The highest BCUT2D eigenvalue weighted by Crippen LogP contribution is 2.18. The van der Waals surface area contributed by atoms with E-state index in [1.165, 1.54) is 19.3 Å². The van der Waals surface area contributed by atoms with Crippen molar-refractivity contribution in [3.05, 3.63) is 47.5 Å². The van der Waals surface area contributed by atoms with E-state index in [-0.39, 0.29) is 12.1 Å². The number of cyclic esters (lactones) is 1. The standard InChI is InChI=1S/C23H30O3/c1-2-3-4-5-6-7-12-21(24)16-15-19-10-8-11-20(17-19)18-22-13-9-14-23(25)26-22/h6-8,10-11,17,21-22,24H,2-5,9,12-14,18H2,1H3. The van der Waals surface area contributed by atoms with Crippen LogP contribution in [0, 0.1) is 11.8 Å². The molecule has 1 fully saturated rings. The summed E-state index contributed by atoms with van der Waals surface area (Å²) in [7, 11) is 0. The summed E-state index contributed by atoms with van der Waals surface area (Å²) in [5, 5.41) is 9.99. The first-order chi connectivity index (χ1) is 12.7. The molecule has 1 aliphatic rings. The Hall–Kier alpha value is -2.05. The molecule has 1 aromatic carbocycles. The van der Waals surface area contributed by atoms with Crippen LogP contribution < -0.4 is 0 Å². The van der Waals surface area contributed by atoms with Gasteiger partial charge in [-0.2, -0.15) is 0 Å². The van der Waals surface area contributed by atoms with Gasteiger partial charge in [0.15, 0.2) is 0 Å². The van der Waals surface area contributed by atoms with E-state index < -0.39 is 6.10 Å². The summed E-state index contributed by atoms with van der Waals surface area (Å²) in [5.41, 5.74) is 2.00. The fourth-order valence-electron chi connectivity index (χ4n) is 3.04. The van der Waals surface area contributed by atoms with Gasteiger partial charge in [-0.05, 0) is 43.4 Å². The van der Waals surface area contributed by atoms with Gasteiger partial charge in [0.05, 0.1) is 0 Å². The Morgan fingerprint density at radius 3 is 3.04 bits per heavy atom. The molecule has 1 N–H and O–H groups in total. The molecule has 0 bridgehead atoms. The monoisotopic (exact) mass is 354 g/mol. The van der Waals surface area contributed by atoms with Gasteiger partial charge < -0.3 is 9.84 Å². The Bertz CT molecular complexity index is 651. The average molecular weight is 354 g/mol. The number of hydrogen-bond donors (Lipinski definition) is 1. The second-order valence-electron chi connectivity index (χ2n) is 6.90. The Morgan fingerprint density at radius 1 is 1.35 bits per heavy atom. The lowest BCUT2D eigenvalue weighted by Crippen LogP contribution is -2.25. The highest BCUT2D eigenvalue weighted by molar-refractivity contribution is 5.70. The van der Waals surface area contributed by atoms with Crippen LogP contribution in [0.15, 0.2) is 36.4 Å². The van der Waals surface area contributed by atoms with Crippen molar-refractivity contribution in [2.45, 2.75) is 76.9 Å². The van der Waals surface area contributed by atoms with Gasteiger partial charge in [0.2, 0.25) is 0 Å². The summed E-state index contributed by atoms with van der Waals surface area (Å²) >= 11 is 0. The van der Waals surface area contributed by atoms with Crippen LogP contribution in [0.2, 0.25) is 0 Å². The third kappa shape index (κ3) is 7.89. The molecule has 0 aliphatic carbocycles. The maximum atomic E-state index is 11.4. The van der Waals surface area contributed by atoms with Crippen LogP contribution in [0.1, 0.15) is 69.4 Å². The molecule has 3 nitrogen and oxygen atoms in total. The maximum absolute atomic E-state index is 11.4. The van der Waals surface area contributed by atoms with E-state index in [1.54, 1.807) is 0 Å². The zero-order valence-electron chi connectivity index (χ0n) is 15.7. The Morgan fingerprint density at radius 2 is 2.23 bits per heavy atom. The van der Waals surface area contributed by atoms with E-state index in [0.717, 1.165) is 36.8 Å². The molecule has 2 atom stereocenters. The summed E-state index contributed by atoms with van der Waals surface area (Å²) in [4.78, 5) is 11.4. The molecule has 2 unspecified atom stereocenters. The second kappa shape index (κ2) is 11.5. The van der Waals surface area contributed by atoms with Gasteiger partial charge >= 0.3 is 5.97 Å². The minimum absolute atomic E-state index is 0.0251. The van der Waals surface area contributed by atoms with Crippen LogP contribution >= 0.6 is 0 Å². The van der Waals surface area contributed by atoms with E-state index >= 15 is 0 Å². The van der Waals surface area contributed by atoms with Crippen LogP contribution in [0.5, 0.6) is 0 Å². The molecule has 1 heterocycles. The smallest absolute Gasteiger partial charge is 0.306 e. The van der Waals surface area contributed by atoms with Crippen LogP contribution in [-0.2, 0) is 16.0 Å². The third-order valence-corrected chi connectivity index (χ3v) is 4.48. The number of ether oxygens (including phenoxy) is 1. The van der Waals surface area contributed by atoms with Crippen molar-refractivity contribution < 1.29 is 14.6 Å². The number of hydrogen-bond acceptors (Lipinski definition) is 3. The molecular formula is C23H30O3. The Kier molecular flexibility index (Phi) is 9.00. The van der Waals surface area contributed by atoms with Crippen molar-refractivity contribution in [3.8, 4) is 11.8 Å². The molecule has 26 heavy (non-hydrogen) atoms. The van der Waals surface area contributed by atoms with Gasteiger partial charge in [-0.3, -0.25) is 4.79 Å². The van der Waals surface area contributed by atoms with E-state index in [9.17, 15) is 9.90 Å². The number of benzene rings is 1. The SMILES string of the molecule is CCCCCC=CCC(O)C#Cc1cccc(CC2CCCC(=O)O2)c1. The van der Waals surface area contributed by atoms with Crippen molar-refractivity contribution in [3.63, 3.8) is 0 Å². The van der Waals surface area contributed by atoms with Crippen molar-refractivity contribution in [2.75, 3.05) is 0 Å². The first-order valence-corrected chi connectivity index (χ1v) is 9.80. The molecule has 0 amide bonds. The Labute approximate surface area is 157 Å². The summed E-state index contributed by atoms with van der Waals surface area (Å²) in [6.07, 6.45) is 11.9. The zero-order chi connectivity index (χ0) is 18.6. The minimum Gasteiger partial charge on any atom is -0.462 e. The van der Waals surface area contributed by atoms with E-state index in [0.29, 0.717) is 12.8 Å². The fraction of sp³-hybridized carbons (Fsp3) is 0.522. The van der Waals surface area contributed by atoms with Crippen LogP contribution in [0.4, 0.5) is 0 Å². The topological polar surface area (TPSA) is 46.5 Å². The fourth-order valence-corrected chi connectivity index (χ4v) is 3.04. The first-order valence-electron chi connectivity index (χ1n) is 9.80. The normalized spacial score (nSPS) is 18.2. The molecule has 140 valence electrons. The van der Waals surface area contributed by atoms with Crippen molar-refractivity contribution in [1.29, 1.82) is 0 Å². The second-order valence-corrected chi connectivity index (χ2v) is 6.90. The maximum Gasteiger partial charge on any atom is 0.306 e. The average Bonchev–Trinajstić information content (AvgIpc) is 2.63. The number of carbonyl (C=O) groups is 1. The number of rotatable bonds is 8. The molecular weight excluding hydrogens is 324 g/mol. The largest absolute Gasteiger partial charge is 0.462 e. The molecule has 1 aromatic rings. The van der Waals surface area contributed by atoms with Gasteiger partial charge in [-0.25, -0.2) is 0 Å². The van der Waals surface area contributed by atoms with Crippen molar-refractivity contribution in [2.24, 2.45) is 0 Å². The van der Waals surface area contributed by atoms with Gasteiger partial charge in [0.1, 0.15) is 12.2 Å². The molecule has 0 spiro atoms. The zero-order valence-corrected chi connectivity index (χ0v) is 15.7. The molecule has 1 saturated heterocycles. The quantitative estimate of drug-likeness (QED) is 0.322. The van der Waals surface area contributed by atoms with Crippen molar-refractivity contribution in [1.82, 2.24) is 0 Å². The molecule has 0 saturated carbocycles. The summed E-state index contributed by atoms with van der Waals surface area (Å²) < 4.78 is 5.39. The summed E-state index contributed by atoms with van der Waals surface area (Å²) in [6, 6.07) is 7.95. The number of allylic oxidation sites excluding steroid dienone is 1. The number of carbonyl (C=O) groups excluding carboxylic acids is 1. The summed E-state index contributed by atoms with van der Waals surface area (Å²) in [5.74, 6) is 5.86. The van der Waals surface area contributed by atoms with Crippen LogP contribution in [0.25, 0.3) is 0 Å². The van der Waals surface area contributed by atoms with E-state index in [4.69, 9.17) is 4.74 Å². The predicted octanol–water partition coefficient (Wildman–Crippen LogP) is 4.56. The minimum atomic E-state index is -0.639. The molecule has 1 aliphatic heterocycles. The third-order valence-electron chi connectivity index (χ3n) is 4.48. The van der Waals surface area contributed by atoms with Gasteiger partial charge in [-0.15, -0.1) is 0 Å². The molecule has 0 radical (unpaired) electrons. The molecule has 3 heteroatoms. The number of esters is 1. The van der Waals surface area contributed by atoms with Crippen LogP contribution in [0.3, 0.4) is 0 Å². The first kappa shape index (κ1) is 20.3. The lowest BCUT2D eigenvalue weighted by atomic mass is 10.00.